The van der Waals surface area contributed by atoms with Gasteiger partial charge in [-0.2, -0.15) is 0 Å². The summed E-state index contributed by atoms with van der Waals surface area (Å²) in [5.74, 6) is -1.17. The smallest absolute Gasteiger partial charge is 0.309 e. The highest BCUT2D eigenvalue weighted by atomic mass is 16.5. The van der Waals surface area contributed by atoms with Gasteiger partial charge in [-0.1, -0.05) is 13.3 Å². The van der Waals surface area contributed by atoms with E-state index in [1.54, 1.807) is 0 Å². The summed E-state index contributed by atoms with van der Waals surface area (Å²) in [6.45, 7) is 9.44. The minimum Gasteiger partial charge on any atom is -0.381 e. The van der Waals surface area contributed by atoms with E-state index in [0.29, 0.717) is 13.2 Å². The largest absolute Gasteiger partial charge is 0.381 e. The van der Waals surface area contributed by atoms with Crippen LogP contribution in [-0.2, 0) is 14.3 Å². The number of rotatable bonds is 7. The van der Waals surface area contributed by atoms with Crippen molar-refractivity contribution in [2.24, 2.45) is 0 Å². The van der Waals surface area contributed by atoms with E-state index in [4.69, 9.17) is 4.74 Å². The van der Waals surface area contributed by atoms with Crippen LogP contribution in [0.3, 0.4) is 0 Å². The first-order chi connectivity index (χ1) is 8.37. The second kappa shape index (κ2) is 8.91. The first-order valence-corrected chi connectivity index (χ1v) is 6.55. The van der Waals surface area contributed by atoms with Crippen molar-refractivity contribution in [3.8, 4) is 0 Å². The van der Waals surface area contributed by atoms with E-state index in [1.807, 2.05) is 20.8 Å². The van der Waals surface area contributed by atoms with Gasteiger partial charge in [0, 0.05) is 25.3 Å². The molecule has 0 radical (unpaired) electrons. The fourth-order valence-electron chi connectivity index (χ4n) is 1.20. The molecule has 0 heterocycles. The number of carbonyl (C=O) groups is 2. The molecule has 0 saturated carbocycles. The molecule has 0 aromatic heterocycles. The Hall–Kier alpha value is -1.10. The zero-order chi connectivity index (χ0) is 14.0. The van der Waals surface area contributed by atoms with Crippen LogP contribution >= 0.6 is 0 Å². The van der Waals surface area contributed by atoms with Gasteiger partial charge in [0.05, 0.1) is 0 Å². The third-order valence-electron chi connectivity index (χ3n) is 2.09. The monoisotopic (exact) mass is 258 g/mol. The Morgan fingerprint density at radius 2 is 1.67 bits per heavy atom. The summed E-state index contributed by atoms with van der Waals surface area (Å²) in [6, 6.07) is 0. The second-order valence-electron chi connectivity index (χ2n) is 5.28. The lowest BCUT2D eigenvalue weighted by atomic mass is 10.1. The van der Waals surface area contributed by atoms with Crippen molar-refractivity contribution >= 4 is 11.8 Å². The molecular formula is C13H26N2O3. The first-order valence-electron chi connectivity index (χ1n) is 6.55. The summed E-state index contributed by atoms with van der Waals surface area (Å²) in [5, 5.41) is 5.17. The van der Waals surface area contributed by atoms with Crippen LogP contribution in [-0.4, -0.2) is 37.1 Å². The molecule has 2 amide bonds. The van der Waals surface area contributed by atoms with E-state index in [0.717, 1.165) is 25.9 Å². The van der Waals surface area contributed by atoms with Crippen LogP contribution in [0.2, 0.25) is 0 Å². The van der Waals surface area contributed by atoms with E-state index in [9.17, 15) is 9.59 Å². The molecule has 18 heavy (non-hydrogen) atoms. The van der Waals surface area contributed by atoms with Gasteiger partial charge < -0.3 is 15.4 Å². The van der Waals surface area contributed by atoms with Gasteiger partial charge in [0.15, 0.2) is 0 Å². The fourth-order valence-corrected chi connectivity index (χ4v) is 1.20. The number of hydrogen-bond acceptors (Lipinski definition) is 3. The van der Waals surface area contributed by atoms with Crippen LogP contribution in [0.15, 0.2) is 0 Å². The topological polar surface area (TPSA) is 67.4 Å². The zero-order valence-electron chi connectivity index (χ0n) is 12.0. The van der Waals surface area contributed by atoms with Gasteiger partial charge in [-0.15, -0.1) is 0 Å². The average molecular weight is 258 g/mol. The molecule has 0 bridgehead atoms. The lowest BCUT2D eigenvalue weighted by Crippen LogP contribution is -2.48. The number of ether oxygens (including phenoxy) is 1. The zero-order valence-corrected chi connectivity index (χ0v) is 12.0. The van der Waals surface area contributed by atoms with Crippen LogP contribution in [0.4, 0.5) is 0 Å². The fraction of sp³-hybridized carbons (Fsp3) is 0.846. The number of unbranched alkanes of at least 4 members (excludes halogenated alkanes) is 1. The Bertz CT molecular complexity index is 259. The van der Waals surface area contributed by atoms with Crippen LogP contribution in [0.1, 0.15) is 47.0 Å². The van der Waals surface area contributed by atoms with E-state index in [-0.39, 0.29) is 0 Å². The molecule has 0 atom stereocenters. The number of amides is 2. The first kappa shape index (κ1) is 16.9. The van der Waals surface area contributed by atoms with Gasteiger partial charge in [-0.05, 0) is 33.6 Å². The highest BCUT2D eigenvalue weighted by molar-refractivity contribution is 6.35. The summed E-state index contributed by atoms with van der Waals surface area (Å²) >= 11 is 0. The molecular weight excluding hydrogens is 232 g/mol. The molecule has 0 aliphatic rings. The van der Waals surface area contributed by atoms with Crippen molar-refractivity contribution in [1.82, 2.24) is 10.6 Å². The Morgan fingerprint density at radius 1 is 1.06 bits per heavy atom. The van der Waals surface area contributed by atoms with Crippen LogP contribution in [0.5, 0.6) is 0 Å². The van der Waals surface area contributed by atoms with Gasteiger partial charge in [0.25, 0.3) is 0 Å². The molecule has 106 valence electrons. The molecule has 0 saturated heterocycles. The maximum absolute atomic E-state index is 11.4. The van der Waals surface area contributed by atoms with Crippen LogP contribution in [0, 0.1) is 0 Å². The molecule has 0 aromatic rings. The van der Waals surface area contributed by atoms with Crippen LogP contribution < -0.4 is 10.6 Å². The number of nitrogens with one attached hydrogen (secondary N) is 2. The van der Waals surface area contributed by atoms with Gasteiger partial charge in [0.1, 0.15) is 0 Å². The SMILES string of the molecule is CCCCOCCCNC(=O)C(=O)NC(C)(C)C. The summed E-state index contributed by atoms with van der Waals surface area (Å²) in [7, 11) is 0. The van der Waals surface area contributed by atoms with E-state index >= 15 is 0 Å². The molecule has 0 fully saturated rings. The molecule has 0 rings (SSSR count). The summed E-state index contributed by atoms with van der Waals surface area (Å²) < 4.78 is 5.35. The quantitative estimate of drug-likeness (QED) is 0.533. The molecule has 5 nitrogen and oxygen atoms in total. The lowest BCUT2D eigenvalue weighted by Gasteiger charge is -2.19. The number of carbonyl (C=O) groups excluding carboxylic acids is 2. The predicted octanol–water partition coefficient (Wildman–Crippen LogP) is 1.22. The Labute approximate surface area is 110 Å². The highest BCUT2D eigenvalue weighted by Gasteiger charge is 2.19. The lowest BCUT2D eigenvalue weighted by molar-refractivity contribution is -0.140. The normalized spacial score (nSPS) is 11.1. The van der Waals surface area contributed by atoms with Crippen molar-refractivity contribution < 1.29 is 14.3 Å². The molecule has 5 heteroatoms. The highest BCUT2D eigenvalue weighted by Crippen LogP contribution is 1.97. The predicted molar refractivity (Wildman–Crippen MR) is 71.2 cm³/mol. The molecule has 2 N–H and O–H groups in total. The molecule has 0 unspecified atom stereocenters. The maximum Gasteiger partial charge on any atom is 0.309 e. The Kier molecular flexibility index (Phi) is 8.37. The Balaban J connectivity index is 3.56. The van der Waals surface area contributed by atoms with Crippen molar-refractivity contribution in [3.63, 3.8) is 0 Å². The van der Waals surface area contributed by atoms with Crippen molar-refractivity contribution in [2.45, 2.75) is 52.5 Å². The van der Waals surface area contributed by atoms with Crippen molar-refractivity contribution in [3.05, 3.63) is 0 Å². The van der Waals surface area contributed by atoms with E-state index < -0.39 is 17.4 Å². The summed E-state index contributed by atoms with van der Waals surface area (Å²) in [4.78, 5) is 22.8. The third kappa shape index (κ3) is 10.1. The van der Waals surface area contributed by atoms with Gasteiger partial charge >= 0.3 is 11.8 Å². The maximum atomic E-state index is 11.4. The molecule has 0 aliphatic carbocycles. The third-order valence-corrected chi connectivity index (χ3v) is 2.09. The molecule has 0 aromatic carbocycles. The second-order valence-corrected chi connectivity index (χ2v) is 5.28. The molecule has 0 aliphatic heterocycles. The van der Waals surface area contributed by atoms with Gasteiger partial charge in [0.2, 0.25) is 0 Å². The minimum absolute atomic E-state index is 0.391. The van der Waals surface area contributed by atoms with E-state index in [2.05, 4.69) is 17.6 Å². The van der Waals surface area contributed by atoms with Crippen molar-refractivity contribution in [2.75, 3.05) is 19.8 Å². The standard InChI is InChI=1S/C13H26N2O3/c1-5-6-9-18-10-7-8-14-11(16)12(17)15-13(2,3)4/h5-10H2,1-4H3,(H,14,16)(H,15,17). The van der Waals surface area contributed by atoms with Gasteiger partial charge in [-0.25, -0.2) is 0 Å². The summed E-state index contributed by atoms with van der Waals surface area (Å²) in [6.07, 6.45) is 2.89. The van der Waals surface area contributed by atoms with E-state index in [1.165, 1.54) is 0 Å². The average Bonchev–Trinajstić information content (AvgIpc) is 2.25. The Morgan fingerprint density at radius 3 is 2.22 bits per heavy atom. The summed E-state index contributed by atoms with van der Waals surface area (Å²) in [5.41, 5.74) is -0.391. The molecule has 0 spiro atoms. The van der Waals surface area contributed by atoms with Crippen LogP contribution in [0.25, 0.3) is 0 Å². The van der Waals surface area contributed by atoms with Gasteiger partial charge in [-0.3, -0.25) is 9.59 Å². The van der Waals surface area contributed by atoms with Crippen molar-refractivity contribution in [1.29, 1.82) is 0 Å². The number of hydrogen-bond donors (Lipinski definition) is 2. The minimum atomic E-state index is -0.589.